The molecule has 0 aromatic carbocycles. The van der Waals surface area contributed by atoms with Gasteiger partial charge >= 0.3 is 12.1 Å². The largest absolute Gasteiger partial charge is 0.466 e. The summed E-state index contributed by atoms with van der Waals surface area (Å²) >= 11 is 0. The molecular formula is C19H31NO8. The van der Waals surface area contributed by atoms with Gasteiger partial charge in [0.1, 0.15) is 11.7 Å². The Balaban J connectivity index is 2.35. The Morgan fingerprint density at radius 1 is 1.11 bits per heavy atom. The average Bonchev–Trinajstić information content (AvgIpc) is 2.60. The third kappa shape index (κ3) is 4.48. The molecule has 9 heteroatoms. The van der Waals surface area contributed by atoms with Crippen molar-refractivity contribution in [2.24, 2.45) is 0 Å². The van der Waals surface area contributed by atoms with E-state index in [-0.39, 0.29) is 6.42 Å². The lowest BCUT2D eigenvalue weighted by atomic mass is 9.87. The molecule has 2 aliphatic rings. The zero-order valence-corrected chi connectivity index (χ0v) is 17.8. The zero-order chi connectivity index (χ0) is 21.3. The summed E-state index contributed by atoms with van der Waals surface area (Å²) in [4.78, 5) is 24.5. The lowest BCUT2D eigenvalue weighted by molar-refractivity contribution is -0.449. The van der Waals surface area contributed by atoms with E-state index >= 15 is 0 Å². The molecule has 1 N–H and O–H groups in total. The standard InChI is InChI=1S/C19H31NO8/c1-17(2,3)28-16(22)20-12-9-11(15(21)23-6)10-13-14(12)27-19(5,25-8)18(4,24-7)26-13/h9,12-14H,10H2,1-8H3,(H,20,22)/t12-,13-,14-,18+,19+/m1/s1. The Hall–Kier alpha value is -1.68. The quantitative estimate of drug-likeness (QED) is 0.713. The number of nitrogens with one attached hydrogen (secondary N) is 1. The molecule has 0 bridgehead atoms. The van der Waals surface area contributed by atoms with Crippen LogP contribution in [-0.2, 0) is 33.2 Å². The molecule has 1 amide bonds. The van der Waals surface area contributed by atoms with E-state index in [9.17, 15) is 9.59 Å². The Kier molecular flexibility index (Phi) is 6.44. The molecule has 1 aliphatic heterocycles. The number of alkyl carbamates (subject to hydrolysis) is 1. The fraction of sp³-hybridized carbons (Fsp3) is 0.789. The minimum atomic E-state index is -1.24. The van der Waals surface area contributed by atoms with Gasteiger partial charge in [-0.15, -0.1) is 0 Å². The van der Waals surface area contributed by atoms with E-state index in [0.717, 1.165) is 0 Å². The number of hydrogen-bond acceptors (Lipinski definition) is 8. The van der Waals surface area contributed by atoms with Crippen LogP contribution in [0.25, 0.3) is 0 Å². The van der Waals surface area contributed by atoms with Crippen molar-refractivity contribution in [3.05, 3.63) is 11.6 Å². The Morgan fingerprint density at radius 3 is 2.18 bits per heavy atom. The molecule has 1 aliphatic carbocycles. The van der Waals surface area contributed by atoms with Gasteiger partial charge in [-0.2, -0.15) is 0 Å². The molecular weight excluding hydrogens is 370 g/mol. The van der Waals surface area contributed by atoms with E-state index in [4.69, 9.17) is 28.4 Å². The van der Waals surface area contributed by atoms with Gasteiger partial charge in [-0.05, 0) is 40.7 Å². The van der Waals surface area contributed by atoms with Gasteiger partial charge in [0.25, 0.3) is 0 Å². The van der Waals surface area contributed by atoms with Gasteiger partial charge in [-0.25, -0.2) is 9.59 Å². The summed E-state index contributed by atoms with van der Waals surface area (Å²) in [5.74, 6) is -2.97. The lowest BCUT2D eigenvalue weighted by Crippen LogP contribution is -2.69. The number of amides is 1. The molecule has 9 nitrogen and oxygen atoms in total. The molecule has 0 aromatic heterocycles. The number of carbonyl (C=O) groups is 2. The summed E-state index contributed by atoms with van der Waals surface area (Å²) in [5.41, 5.74) is -0.306. The van der Waals surface area contributed by atoms with Crippen molar-refractivity contribution >= 4 is 12.1 Å². The second-order valence-corrected chi connectivity index (χ2v) is 8.10. The van der Waals surface area contributed by atoms with Crippen molar-refractivity contribution in [1.82, 2.24) is 5.32 Å². The summed E-state index contributed by atoms with van der Waals surface area (Å²) in [6.07, 6.45) is -0.00303. The normalized spacial score (nSPS) is 35.4. The van der Waals surface area contributed by atoms with E-state index < -0.39 is 47.5 Å². The van der Waals surface area contributed by atoms with Gasteiger partial charge in [-0.1, -0.05) is 0 Å². The molecule has 2 rings (SSSR count). The van der Waals surface area contributed by atoms with Gasteiger partial charge < -0.3 is 33.7 Å². The molecule has 1 heterocycles. The lowest BCUT2D eigenvalue weighted by Gasteiger charge is -2.54. The van der Waals surface area contributed by atoms with Gasteiger partial charge in [0.2, 0.25) is 11.6 Å². The van der Waals surface area contributed by atoms with Gasteiger partial charge in [-0.3, -0.25) is 0 Å². The van der Waals surface area contributed by atoms with Crippen LogP contribution < -0.4 is 5.32 Å². The maximum Gasteiger partial charge on any atom is 0.408 e. The second kappa shape index (κ2) is 7.98. The number of carbonyl (C=O) groups excluding carboxylic acids is 2. The predicted octanol–water partition coefficient (Wildman–Crippen LogP) is 1.89. The number of esters is 1. The average molecular weight is 401 g/mol. The van der Waals surface area contributed by atoms with Crippen LogP contribution in [0.4, 0.5) is 4.79 Å². The van der Waals surface area contributed by atoms with Gasteiger partial charge in [0.15, 0.2) is 0 Å². The summed E-state index contributed by atoms with van der Waals surface area (Å²) in [6.45, 7) is 8.67. The maximum absolute atomic E-state index is 12.3. The highest BCUT2D eigenvalue weighted by Crippen LogP contribution is 2.43. The van der Waals surface area contributed by atoms with Crippen LogP contribution in [0, 0.1) is 0 Å². The Bertz CT molecular complexity index is 642. The van der Waals surface area contributed by atoms with E-state index in [1.165, 1.54) is 21.3 Å². The van der Waals surface area contributed by atoms with Crippen molar-refractivity contribution in [3.63, 3.8) is 0 Å². The van der Waals surface area contributed by atoms with E-state index in [2.05, 4.69) is 5.32 Å². The van der Waals surface area contributed by atoms with E-state index in [1.807, 2.05) is 0 Å². The number of methoxy groups -OCH3 is 3. The van der Waals surface area contributed by atoms with Crippen LogP contribution in [0.1, 0.15) is 41.0 Å². The highest BCUT2D eigenvalue weighted by atomic mass is 16.8. The first kappa shape index (κ1) is 22.6. The van der Waals surface area contributed by atoms with Crippen molar-refractivity contribution in [2.45, 2.75) is 76.5 Å². The smallest absolute Gasteiger partial charge is 0.408 e. The van der Waals surface area contributed by atoms with Crippen molar-refractivity contribution in [2.75, 3.05) is 21.3 Å². The highest BCUT2D eigenvalue weighted by molar-refractivity contribution is 5.89. The number of hydrogen-bond donors (Lipinski definition) is 1. The van der Waals surface area contributed by atoms with Crippen molar-refractivity contribution in [1.29, 1.82) is 0 Å². The maximum atomic E-state index is 12.3. The van der Waals surface area contributed by atoms with Crippen LogP contribution in [0.3, 0.4) is 0 Å². The summed E-state index contributed by atoms with van der Waals surface area (Å²) in [6, 6.07) is -0.696. The molecule has 0 unspecified atom stereocenters. The van der Waals surface area contributed by atoms with Crippen molar-refractivity contribution < 1.29 is 38.0 Å². The van der Waals surface area contributed by atoms with Gasteiger partial charge in [0.05, 0.1) is 19.3 Å². The Labute approximate surface area is 165 Å². The Morgan fingerprint density at radius 2 is 1.68 bits per heavy atom. The fourth-order valence-corrected chi connectivity index (χ4v) is 3.28. The van der Waals surface area contributed by atoms with E-state index in [1.54, 1.807) is 40.7 Å². The predicted molar refractivity (Wildman–Crippen MR) is 98.4 cm³/mol. The minimum absolute atomic E-state index is 0.239. The van der Waals surface area contributed by atoms with Crippen LogP contribution in [0.15, 0.2) is 11.6 Å². The monoisotopic (exact) mass is 401 g/mol. The van der Waals surface area contributed by atoms with Gasteiger partial charge in [0, 0.05) is 26.2 Å². The summed E-state index contributed by atoms with van der Waals surface area (Å²) < 4.78 is 33.6. The molecule has 28 heavy (non-hydrogen) atoms. The number of ether oxygens (including phenoxy) is 6. The third-order valence-corrected chi connectivity index (χ3v) is 4.99. The van der Waals surface area contributed by atoms with Crippen LogP contribution in [0.2, 0.25) is 0 Å². The third-order valence-electron chi connectivity index (χ3n) is 4.99. The molecule has 1 saturated heterocycles. The van der Waals surface area contributed by atoms with Crippen LogP contribution >= 0.6 is 0 Å². The summed E-state index contributed by atoms with van der Waals surface area (Å²) in [7, 11) is 4.26. The molecule has 0 radical (unpaired) electrons. The fourth-order valence-electron chi connectivity index (χ4n) is 3.28. The topological polar surface area (TPSA) is 102 Å². The molecule has 0 saturated carbocycles. The first-order valence-corrected chi connectivity index (χ1v) is 9.12. The van der Waals surface area contributed by atoms with Crippen LogP contribution in [-0.4, -0.2) is 68.8 Å². The number of rotatable bonds is 4. The minimum Gasteiger partial charge on any atom is -0.466 e. The SMILES string of the molecule is COC(=O)C1=C[C@@H](NC(=O)OC(C)(C)C)[C@H]2O[C@](C)(OC)[C@@](C)(OC)O[C@@H]2C1. The first-order valence-electron chi connectivity index (χ1n) is 9.12. The molecule has 160 valence electrons. The summed E-state index contributed by atoms with van der Waals surface area (Å²) in [5, 5.41) is 2.74. The first-order chi connectivity index (χ1) is 12.9. The zero-order valence-electron chi connectivity index (χ0n) is 17.8. The van der Waals surface area contributed by atoms with E-state index in [0.29, 0.717) is 5.57 Å². The molecule has 5 atom stereocenters. The molecule has 0 aromatic rings. The molecule has 1 fully saturated rings. The highest BCUT2D eigenvalue weighted by Gasteiger charge is 2.59. The van der Waals surface area contributed by atoms with Crippen molar-refractivity contribution in [3.8, 4) is 0 Å². The van der Waals surface area contributed by atoms with Crippen LogP contribution in [0.5, 0.6) is 0 Å². The second-order valence-electron chi connectivity index (χ2n) is 8.10. The number of fused-ring (bicyclic) bond motifs is 1. The molecule has 0 spiro atoms.